The Balaban J connectivity index is 2.16. The third-order valence-electron chi connectivity index (χ3n) is 2.36. The molecule has 0 aromatic heterocycles. The number of hydrogen-bond acceptors (Lipinski definition) is 2. The van der Waals surface area contributed by atoms with Gasteiger partial charge in [0.15, 0.2) is 0 Å². The first kappa shape index (κ1) is 12.8. The maximum absolute atomic E-state index is 13.2. The van der Waals surface area contributed by atoms with Gasteiger partial charge >= 0.3 is 0 Å². The van der Waals surface area contributed by atoms with Gasteiger partial charge < -0.3 is 11.1 Å². The summed E-state index contributed by atoms with van der Waals surface area (Å²) in [5, 5.41) is 2.68. The van der Waals surface area contributed by atoms with Gasteiger partial charge in [0.25, 0.3) is 5.91 Å². The van der Waals surface area contributed by atoms with Crippen LogP contribution in [0.1, 0.15) is 10.4 Å². The molecule has 0 fully saturated rings. The Hall–Kier alpha value is -1.63. The van der Waals surface area contributed by atoms with Gasteiger partial charge in [0, 0.05) is 14.8 Å². The van der Waals surface area contributed by atoms with Crippen LogP contribution in [0.4, 0.5) is 15.8 Å². The van der Waals surface area contributed by atoms with Gasteiger partial charge in [-0.15, -0.1) is 0 Å². The molecule has 0 saturated heterocycles. The number of nitrogen functional groups attached to an aromatic ring is 1. The summed E-state index contributed by atoms with van der Waals surface area (Å²) in [5.74, 6) is -0.958. The van der Waals surface area contributed by atoms with Crippen LogP contribution < -0.4 is 11.1 Å². The second kappa shape index (κ2) is 5.34. The van der Waals surface area contributed by atoms with E-state index >= 15 is 0 Å². The molecule has 3 N–H and O–H groups in total. The average molecular weight is 356 g/mol. The van der Waals surface area contributed by atoms with Crippen molar-refractivity contribution in [3.8, 4) is 0 Å². The molecule has 0 spiro atoms. The number of hydrogen-bond donors (Lipinski definition) is 2. The number of nitrogens with two attached hydrogens (primary N) is 1. The van der Waals surface area contributed by atoms with Gasteiger partial charge in [-0.25, -0.2) is 4.39 Å². The summed E-state index contributed by atoms with van der Waals surface area (Å²) in [5.41, 5.74) is 6.28. The Kier molecular flexibility index (Phi) is 3.81. The number of amides is 1. The zero-order valence-electron chi connectivity index (χ0n) is 9.28. The number of carbonyl (C=O) groups excluding carboxylic acids is 1. The predicted molar refractivity (Wildman–Crippen MR) is 77.9 cm³/mol. The summed E-state index contributed by atoms with van der Waals surface area (Å²) in [7, 11) is 0. The second-order valence-corrected chi connectivity index (χ2v) is 4.94. The third kappa shape index (κ3) is 2.98. The number of benzene rings is 2. The van der Waals surface area contributed by atoms with Crippen molar-refractivity contribution in [3.05, 3.63) is 57.4 Å². The van der Waals surface area contributed by atoms with Gasteiger partial charge in [0.2, 0.25) is 0 Å². The van der Waals surface area contributed by atoms with Crippen molar-refractivity contribution in [3.63, 3.8) is 0 Å². The van der Waals surface area contributed by atoms with Crippen LogP contribution >= 0.6 is 22.6 Å². The standard InChI is InChI=1S/C13H10FIN2O/c14-11-7-8(1-6-12(11)16)13(18)17-10-4-2-9(15)3-5-10/h1-7H,16H2,(H,17,18). The van der Waals surface area contributed by atoms with Gasteiger partial charge in [-0.05, 0) is 65.1 Å². The molecule has 0 bridgehead atoms. The van der Waals surface area contributed by atoms with Crippen molar-refractivity contribution < 1.29 is 9.18 Å². The lowest BCUT2D eigenvalue weighted by molar-refractivity contribution is 0.102. The van der Waals surface area contributed by atoms with E-state index in [0.717, 1.165) is 9.64 Å². The van der Waals surface area contributed by atoms with Crippen LogP contribution in [0.15, 0.2) is 42.5 Å². The van der Waals surface area contributed by atoms with E-state index in [4.69, 9.17) is 5.73 Å². The lowest BCUT2D eigenvalue weighted by Crippen LogP contribution is -2.12. The first-order valence-corrected chi connectivity index (χ1v) is 6.26. The third-order valence-corrected chi connectivity index (χ3v) is 3.08. The van der Waals surface area contributed by atoms with E-state index in [9.17, 15) is 9.18 Å². The fraction of sp³-hybridized carbons (Fsp3) is 0. The molecule has 2 aromatic carbocycles. The zero-order chi connectivity index (χ0) is 13.1. The van der Waals surface area contributed by atoms with Crippen molar-refractivity contribution in [1.29, 1.82) is 0 Å². The van der Waals surface area contributed by atoms with Crippen LogP contribution in [0.25, 0.3) is 0 Å². The molecule has 0 aliphatic carbocycles. The largest absolute Gasteiger partial charge is 0.396 e. The van der Waals surface area contributed by atoms with E-state index < -0.39 is 5.82 Å². The van der Waals surface area contributed by atoms with Gasteiger partial charge in [-0.3, -0.25) is 4.79 Å². The lowest BCUT2D eigenvalue weighted by Gasteiger charge is -2.06. The molecule has 2 rings (SSSR count). The van der Waals surface area contributed by atoms with E-state index in [1.165, 1.54) is 12.1 Å². The molecule has 0 aliphatic heterocycles. The molecule has 0 atom stereocenters. The molecule has 0 unspecified atom stereocenters. The minimum atomic E-state index is -0.592. The molecule has 2 aromatic rings. The van der Waals surface area contributed by atoms with Crippen molar-refractivity contribution in [1.82, 2.24) is 0 Å². The number of carbonyl (C=O) groups is 1. The molecule has 0 aliphatic rings. The topological polar surface area (TPSA) is 55.1 Å². The molecule has 5 heteroatoms. The van der Waals surface area contributed by atoms with Gasteiger partial charge in [-0.2, -0.15) is 0 Å². The lowest BCUT2D eigenvalue weighted by atomic mass is 10.2. The molecule has 1 amide bonds. The first-order valence-electron chi connectivity index (χ1n) is 5.18. The number of anilines is 2. The summed E-state index contributed by atoms with van der Waals surface area (Å²) in [6.07, 6.45) is 0. The molecular weight excluding hydrogens is 346 g/mol. The Morgan fingerprint density at radius 2 is 1.83 bits per heavy atom. The van der Waals surface area contributed by atoms with Crippen molar-refractivity contribution in [2.75, 3.05) is 11.1 Å². The summed E-state index contributed by atoms with van der Waals surface area (Å²) >= 11 is 2.17. The monoisotopic (exact) mass is 356 g/mol. The maximum Gasteiger partial charge on any atom is 0.255 e. The van der Waals surface area contributed by atoms with Crippen molar-refractivity contribution in [2.24, 2.45) is 0 Å². The highest BCUT2D eigenvalue weighted by molar-refractivity contribution is 14.1. The Morgan fingerprint density at radius 1 is 1.17 bits per heavy atom. The van der Waals surface area contributed by atoms with Crippen molar-refractivity contribution >= 4 is 39.9 Å². The first-order chi connectivity index (χ1) is 8.56. The van der Waals surface area contributed by atoms with Crippen LogP contribution in [0.3, 0.4) is 0 Å². The highest BCUT2D eigenvalue weighted by atomic mass is 127. The van der Waals surface area contributed by atoms with Crippen LogP contribution in [-0.2, 0) is 0 Å². The molecule has 18 heavy (non-hydrogen) atoms. The van der Waals surface area contributed by atoms with Gasteiger partial charge in [0.05, 0.1) is 5.69 Å². The summed E-state index contributed by atoms with van der Waals surface area (Å²) in [6, 6.07) is 11.3. The Morgan fingerprint density at radius 3 is 2.44 bits per heavy atom. The van der Waals surface area contributed by atoms with E-state index in [0.29, 0.717) is 5.69 Å². The molecule has 0 heterocycles. The number of rotatable bonds is 2. The SMILES string of the molecule is Nc1ccc(C(=O)Nc2ccc(I)cc2)cc1F. The minimum Gasteiger partial charge on any atom is -0.396 e. The normalized spacial score (nSPS) is 10.1. The number of nitrogens with one attached hydrogen (secondary N) is 1. The van der Waals surface area contributed by atoms with Crippen molar-refractivity contribution in [2.45, 2.75) is 0 Å². The molecule has 0 saturated carbocycles. The molecule has 92 valence electrons. The second-order valence-electron chi connectivity index (χ2n) is 3.70. The van der Waals surface area contributed by atoms with E-state index in [1.807, 2.05) is 12.1 Å². The average Bonchev–Trinajstić information content (AvgIpc) is 2.35. The highest BCUT2D eigenvalue weighted by Crippen LogP contribution is 2.15. The summed E-state index contributed by atoms with van der Waals surface area (Å²) in [4.78, 5) is 11.8. The maximum atomic E-state index is 13.2. The fourth-order valence-electron chi connectivity index (χ4n) is 1.40. The predicted octanol–water partition coefficient (Wildman–Crippen LogP) is 3.26. The van der Waals surface area contributed by atoms with E-state index in [2.05, 4.69) is 27.9 Å². The van der Waals surface area contributed by atoms with Crippen LogP contribution in [0, 0.1) is 9.39 Å². The molecule has 0 radical (unpaired) electrons. The Labute approximate surface area is 117 Å². The van der Waals surface area contributed by atoms with Crippen LogP contribution in [0.5, 0.6) is 0 Å². The van der Waals surface area contributed by atoms with Gasteiger partial charge in [0.1, 0.15) is 5.82 Å². The molecule has 3 nitrogen and oxygen atoms in total. The minimum absolute atomic E-state index is 0.0285. The highest BCUT2D eigenvalue weighted by Gasteiger charge is 2.08. The Bertz CT molecular complexity index is 584. The smallest absolute Gasteiger partial charge is 0.255 e. The fourth-order valence-corrected chi connectivity index (χ4v) is 1.76. The number of halogens is 2. The van der Waals surface area contributed by atoms with E-state index in [-0.39, 0.29) is 17.2 Å². The van der Waals surface area contributed by atoms with Crippen LogP contribution in [-0.4, -0.2) is 5.91 Å². The summed E-state index contributed by atoms with van der Waals surface area (Å²) < 4.78 is 14.3. The summed E-state index contributed by atoms with van der Waals surface area (Å²) in [6.45, 7) is 0. The van der Waals surface area contributed by atoms with Gasteiger partial charge in [-0.1, -0.05) is 0 Å². The molecular formula is C13H10FIN2O. The quantitative estimate of drug-likeness (QED) is 0.641. The van der Waals surface area contributed by atoms with E-state index in [1.54, 1.807) is 12.1 Å². The van der Waals surface area contributed by atoms with Crippen LogP contribution in [0.2, 0.25) is 0 Å². The zero-order valence-corrected chi connectivity index (χ0v) is 11.4.